The number of benzene rings is 3. The molecule has 0 spiro atoms. The number of nitrogens with one attached hydrogen (secondary N) is 1. The van der Waals surface area contributed by atoms with Gasteiger partial charge in [0, 0.05) is 11.7 Å². The lowest BCUT2D eigenvalue weighted by Crippen LogP contribution is -2.49. The van der Waals surface area contributed by atoms with Crippen molar-refractivity contribution in [2.75, 3.05) is 16.8 Å². The van der Waals surface area contributed by atoms with E-state index in [9.17, 15) is 14.4 Å². The maximum atomic E-state index is 13.6. The van der Waals surface area contributed by atoms with E-state index >= 15 is 0 Å². The highest BCUT2D eigenvalue weighted by molar-refractivity contribution is 6.22. The maximum Gasteiger partial charge on any atom is 0.262 e. The number of fused-ring (bicyclic) bond motifs is 2. The number of nitrogens with zero attached hydrogens (tertiary/aromatic N) is 2. The smallest absolute Gasteiger partial charge is 0.262 e. The number of hydrogen-bond acceptors (Lipinski definition) is 4. The first-order chi connectivity index (χ1) is 16.4. The molecule has 0 bridgehead atoms. The molecule has 2 aliphatic heterocycles. The SMILES string of the molecule is Cc1ccccc1N[C@H]1C[C@@H](C)N(C(=O)CN2C(=O)c3ccccc3C2=O)c2c(C)cccc21. The number of aryl methyl sites for hydroxylation is 2. The van der Waals surface area contributed by atoms with Crippen LogP contribution in [0.25, 0.3) is 0 Å². The molecule has 34 heavy (non-hydrogen) atoms. The van der Waals surface area contributed by atoms with Crippen molar-refractivity contribution in [3.63, 3.8) is 0 Å². The Morgan fingerprint density at radius 2 is 1.50 bits per heavy atom. The standard InChI is InChI=1S/C28H27N3O3/c1-17-9-4-7-14-23(17)29-24-15-19(3)31(26-18(2)10-8-13-22(24)26)25(32)16-30-27(33)20-11-5-6-12-21(20)28(30)34/h4-14,19,24,29H,15-16H2,1-3H3/t19-,24+/m1/s1. The van der Waals surface area contributed by atoms with E-state index in [0.29, 0.717) is 17.5 Å². The zero-order valence-electron chi connectivity index (χ0n) is 19.5. The molecule has 0 saturated heterocycles. The Labute approximate surface area is 199 Å². The van der Waals surface area contributed by atoms with Crippen LogP contribution in [0.4, 0.5) is 11.4 Å². The Kier molecular flexibility index (Phi) is 5.44. The average molecular weight is 454 g/mol. The lowest BCUT2D eigenvalue weighted by molar-refractivity contribution is -0.119. The van der Waals surface area contributed by atoms with Gasteiger partial charge in [0.25, 0.3) is 11.8 Å². The third-order valence-corrected chi connectivity index (χ3v) is 6.82. The lowest BCUT2D eigenvalue weighted by atomic mass is 9.89. The van der Waals surface area contributed by atoms with Gasteiger partial charge in [0.15, 0.2) is 0 Å². The molecule has 0 unspecified atom stereocenters. The highest BCUT2D eigenvalue weighted by Crippen LogP contribution is 2.41. The molecule has 2 aliphatic rings. The average Bonchev–Trinajstić information content (AvgIpc) is 3.06. The van der Waals surface area contributed by atoms with Gasteiger partial charge in [0.05, 0.1) is 22.9 Å². The third kappa shape index (κ3) is 3.55. The molecule has 5 rings (SSSR count). The van der Waals surface area contributed by atoms with E-state index in [1.54, 1.807) is 29.2 Å². The number of para-hydroxylation sites is 2. The van der Waals surface area contributed by atoms with Crippen LogP contribution in [-0.4, -0.2) is 35.2 Å². The van der Waals surface area contributed by atoms with Gasteiger partial charge < -0.3 is 10.2 Å². The first kappa shape index (κ1) is 21.9. The molecule has 0 radical (unpaired) electrons. The Bertz CT molecular complexity index is 1280. The zero-order valence-corrected chi connectivity index (χ0v) is 19.5. The number of imide groups is 1. The summed E-state index contributed by atoms with van der Waals surface area (Å²) in [6.45, 7) is 5.80. The summed E-state index contributed by atoms with van der Waals surface area (Å²) in [5, 5.41) is 3.66. The predicted molar refractivity (Wildman–Crippen MR) is 132 cm³/mol. The van der Waals surface area contributed by atoms with Crippen molar-refractivity contribution in [2.45, 2.75) is 39.3 Å². The Hall–Kier alpha value is -3.93. The van der Waals surface area contributed by atoms with E-state index in [1.807, 2.05) is 44.2 Å². The molecule has 0 fully saturated rings. The van der Waals surface area contributed by atoms with Gasteiger partial charge in [0.1, 0.15) is 6.54 Å². The molecule has 0 saturated carbocycles. The molecule has 2 heterocycles. The second-order valence-corrected chi connectivity index (χ2v) is 9.12. The summed E-state index contributed by atoms with van der Waals surface area (Å²) in [7, 11) is 0. The van der Waals surface area contributed by atoms with E-state index in [4.69, 9.17) is 0 Å². The van der Waals surface area contributed by atoms with E-state index in [-0.39, 0.29) is 24.5 Å². The van der Waals surface area contributed by atoms with Crippen LogP contribution in [0.3, 0.4) is 0 Å². The van der Waals surface area contributed by atoms with Crippen molar-refractivity contribution < 1.29 is 14.4 Å². The summed E-state index contributed by atoms with van der Waals surface area (Å²) in [6.07, 6.45) is 0.707. The van der Waals surface area contributed by atoms with Crippen molar-refractivity contribution in [2.24, 2.45) is 0 Å². The molecule has 3 aromatic rings. The van der Waals surface area contributed by atoms with Crippen molar-refractivity contribution in [3.8, 4) is 0 Å². The van der Waals surface area contributed by atoms with Crippen molar-refractivity contribution >= 4 is 29.1 Å². The fourth-order valence-electron chi connectivity index (χ4n) is 5.11. The quantitative estimate of drug-likeness (QED) is 0.572. The molecule has 2 atom stereocenters. The summed E-state index contributed by atoms with van der Waals surface area (Å²) in [4.78, 5) is 42.1. The van der Waals surface area contributed by atoms with Crippen LogP contribution in [0.5, 0.6) is 0 Å². The minimum Gasteiger partial charge on any atom is -0.378 e. The first-order valence-corrected chi connectivity index (χ1v) is 11.6. The van der Waals surface area contributed by atoms with Gasteiger partial charge in [-0.05, 0) is 62.1 Å². The van der Waals surface area contributed by atoms with Crippen LogP contribution in [0, 0.1) is 13.8 Å². The van der Waals surface area contributed by atoms with E-state index < -0.39 is 11.8 Å². The molecular weight excluding hydrogens is 426 g/mol. The van der Waals surface area contributed by atoms with Gasteiger partial charge in [-0.2, -0.15) is 0 Å². The first-order valence-electron chi connectivity index (χ1n) is 11.6. The molecule has 3 aromatic carbocycles. The molecule has 0 aliphatic carbocycles. The van der Waals surface area contributed by atoms with Crippen LogP contribution in [0.15, 0.2) is 66.7 Å². The van der Waals surface area contributed by atoms with Crippen molar-refractivity contribution in [3.05, 3.63) is 94.5 Å². The highest BCUT2D eigenvalue weighted by atomic mass is 16.2. The van der Waals surface area contributed by atoms with E-state index in [1.165, 1.54) is 0 Å². The van der Waals surface area contributed by atoms with Crippen LogP contribution in [0.2, 0.25) is 0 Å². The highest BCUT2D eigenvalue weighted by Gasteiger charge is 2.40. The van der Waals surface area contributed by atoms with Crippen LogP contribution >= 0.6 is 0 Å². The second-order valence-electron chi connectivity index (χ2n) is 9.12. The van der Waals surface area contributed by atoms with Crippen LogP contribution in [-0.2, 0) is 4.79 Å². The van der Waals surface area contributed by atoms with Gasteiger partial charge in [0.2, 0.25) is 5.91 Å². The number of rotatable bonds is 4. The Morgan fingerprint density at radius 3 is 2.18 bits per heavy atom. The summed E-state index contributed by atoms with van der Waals surface area (Å²) in [5.74, 6) is -1.09. The van der Waals surface area contributed by atoms with Crippen molar-refractivity contribution in [1.29, 1.82) is 0 Å². The molecule has 0 aromatic heterocycles. The normalized spacial score (nSPS) is 19.1. The minimum atomic E-state index is -0.414. The summed E-state index contributed by atoms with van der Waals surface area (Å²) < 4.78 is 0. The fraction of sp³-hybridized carbons (Fsp3) is 0.250. The molecule has 172 valence electrons. The van der Waals surface area contributed by atoms with Gasteiger partial charge >= 0.3 is 0 Å². The maximum absolute atomic E-state index is 13.6. The van der Waals surface area contributed by atoms with E-state index in [0.717, 1.165) is 33.0 Å². The number of anilines is 2. The number of hydrogen-bond donors (Lipinski definition) is 1. The molecule has 3 amide bonds. The molecule has 1 N–H and O–H groups in total. The third-order valence-electron chi connectivity index (χ3n) is 6.82. The second kappa shape index (κ2) is 8.45. The van der Waals surface area contributed by atoms with Gasteiger partial charge in [-0.15, -0.1) is 0 Å². The largest absolute Gasteiger partial charge is 0.378 e. The topological polar surface area (TPSA) is 69.7 Å². The number of carbonyl (C=O) groups excluding carboxylic acids is 3. The Morgan fingerprint density at radius 1 is 0.882 bits per heavy atom. The zero-order chi connectivity index (χ0) is 24.0. The summed E-state index contributed by atoms with van der Waals surface area (Å²) in [6, 6.07) is 20.8. The fourth-order valence-corrected chi connectivity index (χ4v) is 5.11. The van der Waals surface area contributed by atoms with Crippen LogP contribution in [0.1, 0.15) is 56.8 Å². The summed E-state index contributed by atoms with van der Waals surface area (Å²) in [5.41, 5.74) is 5.81. The molecule has 6 heteroatoms. The minimum absolute atomic E-state index is 0.0364. The summed E-state index contributed by atoms with van der Waals surface area (Å²) >= 11 is 0. The van der Waals surface area contributed by atoms with Gasteiger partial charge in [-0.1, -0.05) is 48.5 Å². The molecular formula is C28H27N3O3. The predicted octanol–water partition coefficient (Wildman–Crippen LogP) is 4.88. The molecule has 6 nitrogen and oxygen atoms in total. The van der Waals surface area contributed by atoms with Gasteiger partial charge in [-0.25, -0.2) is 0 Å². The van der Waals surface area contributed by atoms with Gasteiger partial charge in [-0.3, -0.25) is 19.3 Å². The monoisotopic (exact) mass is 453 g/mol. The van der Waals surface area contributed by atoms with E-state index in [2.05, 4.69) is 24.4 Å². The number of amides is 3. The van der Waals surface area contributed by atoms with Crippen LogP contribution < -0.4 is 10.2 Å². The Balaban J connectivity index is 1.45. The lowest BCUT2D eigenvalue weighted by Gasteiger charge is -2.41. The number of carbonyl (C=O) groups is 3. The van der Waals surface area contributed by atoms with Crippen molar-refractivity contribution in [1.82, 2.24) is 4.90 Å².